The van der Waals surface area contributed by atoms with Crippen molar-refractivity contribution in [1.29, 1.82) is 0 Å². The Bertz CT molecular complexity index is 893. The number of hydrogen-bond donors (Lipinski definition) is 2. The molecule has 0 spiro atoms. The Kier molecular flexibility index (Phi) is 3.72. The Morgan fingerprint density at radius 1 is 1.09 bits per heavy atom. The summed E-state index contributed by atoms with van der Waals surface area (Å²) >= 11 is 0. The molecule has 0 fully saturated rings. The van der Waals surface area contributed by atoms with Crippen LogP contribution < -0.4 is 20.9 Å². The number of primary amides is 1. The van der Waals surface area contributed by atoms with E-state index in [0.29, 0.717) is 34.1 Å². The number of fused-ring (bicyclic) bond motifs is 1. The van der Waals surface area contributed by atoms with E-state index in [0.717, 1.165) is 5.39 Å². The van der Waals surface area contributed by atoms with Crippen LogP contribution in [0.4, 0.5) is 5.69 Å². The van der Waals surface area contributed by atoms with Crippen molar-refractivity contribution in [3.05, 3.63) is 54.1 Å². The van der Waals surface area contributed by atoms with Crippen LogP contribution >= 0.6 is 0 Å². The number of nitrogens with zero attached hydrogens (tertiary/aromatic N) is 1. The van der Waals surface area contributed by atoms with Crippen LogP contribution in [0.1, 0.15) is 10.4 Å². The highest BCUT2D eigenvalue weighted by Gasteiger charge is 2.12. The van der Waals surface area contributed by atoms with Crippen molar-refractivity contribution in [2.45, 2.75) is 0 Å². The molecular weight excluding hydrogens is 294 g/mol. The van der Waals surface area contributed by atoms with Gasteiger partial charge in [0.2, 0.25) is 5.88 Å². The molecule has 3 aromatic rings. The first-order chi connectivity index (χ1) is 11.1. The molecule has 23 heavy (non-hydrogen) atoms. The molecular formula is C17H15N3O3. The first-order valence-corrected chi connectivity index (χ1v) is 6.89. The quantitative estimate of drug-likeness (QED) is 0.722. The zero-order valence-electron chi connectivity index (χ0n) is 12.4. The number of aromatic nitrogens is 1. The van der Waals surface area contributed by atoms with Gasteiger partial charge in [-0.05, 0) is 24.3 Å². The van der Waals surface area contributed by atoms with E-state index >= 15 is 0 Å². The zero-order chi connectivity index (χ0) is 16.4. The average Bonchev–Trinajstić information content (AvgIpc) is 2.55. The molecule has 2 aromatic carbocycles. The molecule has 1 aromatic heterocycles. The molecule has 0 saturated carbocycles. The average molecular weight is 309 g/mol. The van der Waals surface area contributed by atoms with Gasteiger partial charge >= 0.3 is 0 Å². The fourth-order valence-corrected chi connectivity index (χ4v) is 2.24. The number of benzene rings is 2. The molecule has 1 amide bonds. The standard InChI is InChI=1S/C17H15N3O3/c1-22-15-9-13-10(8-11(15)17(19)21)6-7-16(20-13)23-14-5-3-2-4-12(14)18/h2-9H,18H2,1H3,(H2,19,21). The number of pyridine rings is 1. The Morgan fingerprint density at radius 3 is 2.57 bits per heavy atom. The predicted molar refractivity (Wildman–Crippen MR) is 87.7 cm³/mol. The maximum atomic E-state index is 11.5. The fourth-order valence-electron chi connectivity index (χ4n) is 2.24. The molecule has 0 aliphatic rings. The summed E-state index contributed by atoms with van der Waals surface area (Å²) in [6.45, 7) is 0. The Morgan fingerprint density at radius 2 is 1.87 bits per heavy atom. The van der Waals surface area contributed by atoms with Crippen LogP contribution in [0.5, 0.6) is 17.4 Å². The molecule has 3 rings (SSSR count). The summed E-state index contributed by atoms with van der Waals surface area (Å²) in [6.07, 6.45) is 0. The van der Waals surface area contributed by atoms with Crippen LogP contribution in [0.2, 0.25) is 0 Å². The van der Waals surface area contributed by atoms with Gasteiger partial charge in [-0.1, -0.05) is 12.1 Å². The second kappa shape index (κ2) is 5.84. The largest absolute Gasteiger partial charge is 0.496 e. The van der Waals surface area contributed by atoms with Crippen LogP contribution in [0.3, 0.4) is 0 Å². The number of para-hydroxylation sites is 2. The number of anilines is 1. The monoisotopic (exact) mass is 309 g/mol. The van der Waals surface area contributed by atoms with Gasteiger partial charge in [-0.25, -0.2) is 4.98 Å². The second-order valence-corrected chi connectivity index (χ2v) is 4.90. The van der Waals surface area contributed by atoms with E-state index in [4.69, 9.17) is 20.9 Å². The Hall–Kier alpha value is -3.28. The maximum absolute atomic E-state index is 11.5. The smallest absolute Gasteiger partial charge is 0.252 e. The Balaban J connectivity index is 2.03. The third-order valence-electron chi connectivity index (χ3n) is 3.38. The lowest BCUT2D eigenvalue weighted by Crippen LogP contribution is -2.12. The normalized spacial score (nSPS) is 10.5. The minimum atomic E-state index is -0.555. The topological polar surface area (TPSA) is 100 Å². The number of ether oxygens (including phenoxy) is 2. The number of nitrogens with two attached hydrogens (primary N) is 2. The lowest BCUT2D eigenvalue weighted by atomic mass is 10.1. The number of carbonyl (C=O) groups excluding carboxylic acids is 1. The van der Waals surface area contributed by atoms with E-state index in [1.165, 1.54) is 7.11 Å². The molecule has 6 nitrogen and oxygen atoms in total. The number of methoxy groups -OCH3 is 1. The molecule has 0 saturated heterocycles. The van der Waals surface area contributed by atoms with E-state index in [9.17, 15) is 4.79 Å². The molecule has 116 valence electrons. The van der Waals surface area contributed by atoms with E-state index in [1.807, 2.05) is 12.1 Å². The minimum Gasteiger partial charge on any atom is -0.496 e. The van der Waals surface area contributed by atoms with Gasteiger partial charge in [0.05, 0.1) is 23.9 Å². The molecule has 0 aliphatic heterocycles. The highest BCUT2D eigenvalue weighted by atomic mass is 16.5. The first kappa shape index (κ1) is 14.6. The third-order valence-corrected chi connectivity index (χ3v) is 3.38. The number of hydrogen-bond acceptors (Lipinski definition) is 5. The fraction of sp³-hybridized carbons (Fsp3) is 0.0588. The van der Waals surface area contributed by atoms with Crippen molar-refractivity contribution >= 4 is 22.5 Å². The van der Waals surface area contributed by atoms with Gasteiger partial charge in [0.15, 0.2) is 5.75 Å². The highest BCUT2D eigenvalue weighted by Crippen LogP contribution is 2.29. The van der Waals surface area contributed by atoms with Crippen molar-refractivity contribution in [1.82, 2.24) is 4.98 Å². The zero-order valence-corrected chi connectivity index (χ0v) is 12.4. The van der Waals surface area contributed by atoms with Gasteiger partial charge in [0.1, 0.15) is 5.75 Å². The summed E-state index contributed by atoms with van der Waals surface area (Å²) in [5.74, 6) is 0.736. The SMILES string of the molecule is COc1cc2nc(Oc3ccccc3N)ccc2cc1C(N)=O. The third kappa shape index (κ3) is 2.87. The lowest BCUT2D eigenvalue weighted by Gasteiger charge is -2.10. The molecule has 6 heteroatoms. The first-order valence-electron chi connectivity index (χ1n) is 6.89. The minimum absolute atomic E-state index is 0.308. The molecule has 0 aliphatic carbocycles. The summed E-state index contributed by atoms with van der Waals surface area (Å²) in [4.78, 5) is 15.9. The Labute approximate surface area is 132 Å². The summed E-state index contributed by atoms with van der Waals surface area (Å²) in [5.41, 5.74) is 12.7. The van der Waals surface area contributed by atoms with Crippen LogP contribution in [-0.2, 0) is 0 Å². The molecule has 4 N–H and O–H groups in total. The molecule has 0 unspecified atom stereocenters. The number of amides is 1. The molecule has 1 heterocycles. The van der Waals surface area contributed by atoms with Gasteiger partial charge in [-0.3, -0.25) is 4.79 Å². The van der Waals surface area contributed by atoms with Crippen molar-refractivity contribution in [2.24, 2.45) is 5.73 Å². The van der Waals surface area contributed by atoms with E-state index in [-0.39, 0.29) is 0 Å². The highest BCUT2D eigenvalue weighted by molar-refractivity contribution is 6.00. The predicted octanol–water partition coefficient (Wildman–Crippen LogP) is 2.72. The van der Waals surface area contributed by atoms with Crippen molar-refractivity contribution in [2.75, 3.05) is 12.8 Å². The van der Waals surface area contributed by atoms with Gasteiger partial charge < -0.3 is 20.9 Å². The van der Waals surface area contributed by atoms with E-state index in [2.05, 4.69) is 4.98 Å². The van der Waals surface area contributed by atoms with Crippen molar-refractivity contribution in [3.63, 3.8) is 0 Å². The molecule has 0 atom stereocenters. The molecule has 0 radical (unpaired) electrons. The van der Waals surface area contributed by atoms with E-state index < -0.39 is 5.91 Å². The van der Waals surface area contributed by atoms with Gasteiger partial charge in [-0.15, -0.1) is 0 Å². The maximum Gasteiger partial charge on any atom is 0.252 e. The van der Waals surface area contributed by atoms with Crippen molar-refractivity contribution in [3.8, 4) is 17.4 Å². The van der Waals surface area contributed by atoms with Crippen LogP contribution in [-0.4, -0.2) is 18.0 Å². The second-order valence-electron chi connectivity index (χ2n) is 4.90. The van der Waals surface area contributed by atoms with Gasteiger partial charge in [0.25, 0.3) is 5.91 Å². The summed E-state index contributed by atoms with van der Waals surface area (Å²) < 4.78 is 10.9. The molecule has 0 bridgehead atoms. The number of rotatable bonds is 4. The number of nitrogen functional groups attached to an aromatic ring is 1. The van der Waals surface area contributed by atoms with Gasteiger partial charge in [0, 0.05) is 17.5 Å². The van der Waals surface area contributed by atoms with Crippen LogP contribution in [0, 0.1) is 0 Å². The number of carbonyl (C=O) groups is 1. The van der Waals surface area contributed by atoms with Crippen LogP contribution in [0.15, 0.2) is 48.5 Å². The van der Waals surface area contributed by atoms with Crippen LogP contribution in [0.25, 0.3) is 10.9 Å². The van der Waals surface area contributed by atoms with Crippen molar-refractivity contribution < 1.29 is 14.3 Å². The lowest BCUT2D eigenvalue weighted by molar-refractivity contribution is 0.0997. The summed E-state index contributed by atoms with van der Waals surface area (Å²) in [7, 11) is 1.47. The van der Waals surface area contributed by atoms with E-state index in [1.54, 1.807) is 36.4 Å². The van der Waals surface area contributed by atoms with Gasteiger partial charge in [-0.2, -0.15) is 0 Å². The summed E-state index contributed by atoms with van der Waals surface area (Å²) in [5, 5.41) is 0.757. The summed E-state index contributed by atoms with van der Waals surface area (Å²) in [6, 6.07) is 14.0.